The van der Waals surface area contributed by atoms with Crippen molar-refractivity contribution in [1.82, 2.24) is 4.98 Å². The minimum atomic E-state index is 0.185. The number of aldehydes is 1. The van der Waals surface area contributed by atoms with Gasteiger partial charge in [-0.2, -0.15) is 0 Å². The largest absolute Gasteiger partial charge is 0.490 e. The fourth-order valence-corrected chi connectivity index (χ4v) is 2.95. The SMILES string of the molecule is Cc1cnc(C=O)c(N2CCC(Oc3ccc(Cl)cc3)CC2)c1. The van der Waals surface area contributed by atoms with Gasteiger partial charge in [0.15, 0.2) is 6.29 Å². The van der Waals surface area contributed by atoms with Crippen LogP contribution in [0.1, 0.15) is 28.9 Å². The summed E-state index contributed by atoms with van der Waals surface area (Å²) in [4.78, 5) is 17.6. The third-order valence-electron chi connectivity index (χ3n) is 4.04. The molecule has 0 atom stereocenters. The first-order valence-corrected chi connectivity index (χ1v) is 8.12. The van der Waals surface area contributed by atoms with E-state index in [2.05, 4.69) is 9.88 Å². The highest BCUT2D eigenvalue weighted by Gasteiger charge is 2.22. The highest BCUT2D eigenvalue weighted by molar-refractivity contribution is 6.30. The van der Waals surface area contributed by atoms with Gasteiger partial charge < -0.3 is 9.64 Å². The smallest absolute Gasteiger partial charge is 0.170 e. The van der Waals surface area contributed by atoms with E-state index in [0.717, 1.165) is 49.2 Å². The van der Waals surface area contributed by atoms with Gasteiger partial charge in [0.2, 0.25) is 0 Å². The predicted molar refractivity (Wildman–Crippen MR) is 91.7 cm³/mol. The van der Waals surface area contributed by atoms with Crippen LogP contribution in [0.4, 0.5) is 5.69 Å². The van der Waals surface area contributed by atoms with Crippen LogP contribution in [0.25, 0.3) is 0 Å². The molecule has 5 heteroatoms. The summed E-state index contributed by atoms with van der Waals surface area (Å²) < 4.78 is 6.00. The number of rotatable bonds is 4. The van der Waals surface area contributed by atoms with Crippen molar-refractivity contribution in [2.24, 2.45) is 0 Å². The first kappa shape index (κ1) is 15.8. The molecule has 1 aliphatic rings. The number of ether oxygens (including phenoxy) is 1. The average molecular weight is 331 g/mol. The number of anilines is 1. The number of aryl methyl sites for hydroxylation is 1. The molecule has 2 aromatic rings. The number of benzene rings is 1. The Morgan fingerprint density at radius 1 is 1.26 bits per heavy atom. The summed E-state index contributed by atoms with van der Waals surface area (Å²) in [7, 11) is 0. The van der Waals surface area contributed by atoms with E-state index in [0.29, 0.717) is 10.7 Å². The van der Waals surface area contributed by atoms with Crippen LogP contribution in [0.2, 0.25) is 5.02 Å². The van der Waals surface area contributed by atoms with Gasteiger partial charge in [-0.3, -0.25) is 9.78 Å². The lowest BCUT2D eigenvalue weighted by Crippen LogP contribution is -2.38. The Morgan fingerprint density at radius 2 is 1.96 bits per heavy atom. The number of nitrogens with zero attached hydrogens (tertiary/aromatic N) is 2. The Hall–Kier alpha value is -2.07. The number of pyridine rings is 1. The molecule has 0 saturated carbocycles. The normalized spacial score (nSPS) is 15.5. The molecule has 0 spiro atoms. The zero-order valence-electron chi connectivity index (χ0n) is 13.0. The van der Waals surface area contributed by atoms with Crippen LogP contribution >= 0.6 is 11.6 Å². The van der Waals surface area contributed by atoms with Gasteiger partial charge in [-0.1, -0.05) is 11.6 Å². The zero-order chi connectivity index (χ0) is 16.2. The van der Waals surface area contributed by atoms with Crippen LogP contribution in [-0.2, 0) is 0 Å². The molecule has 0 amide bonds. The second-order valence-corrected chi connectivity index (χ2v) is 6.23. The van der Waals surface area contributed by atoms with Crippen molar-refractivity contribution in [3.8, 4) is 5.75 Å². The second kappa shape index (κ2) is 7.01. The van der Waals surface area contributed by atoms with E-state index < -0.39 is 0 Å². The summed E-state index contributed by atoms with van der Waals surface area (Å²) in [5, 5.41) is 0.709. The first-order chi connectivity index (χ1) is 11.2. The van der Waals surface area contributed by atoms with E-state index in [-0.39, 0.29) is 6.10 Å². The minimum absolute atomic E-state index is 0.185. The number of piperidine rings is 1. The standard InChI is InChI=1S/C18H19ClN2O2/c1-13-10-18(17(12-22)20-11-13)21-8-6-16(7-9-21)23-15-4-2-14(19)3-5-15/h2-5,10-12,16H,6-9H2,1H3. The van der Waals surface area contributed by atoms with Crippen molar-refractivity contribution >= 4 is 23.6 Å². The molecular formula is C18H19ClN2O2. The van der Waals surface area contributed by atoms with Gasteiger partial charge in [0.05, 0.1) is 5.69 Å². The molecule has 1 aromatic carbocycles. The molecule has 1 fully saturated rings. The Morgan fingerprint density at radius 3 is 2.61 bits per heavy atom. The maximum absolute atomic E-state index is 11.2. The summed E-state index contributed by atoms with van der Waals surface area (Å²) in [6.07, 6.45) is 4.56. The van der Waals surface area contributed by atoms with E-state index in [4.69, 9.17) is 16.3 Å². The van der Waals surface area contributed by atoms with Crippen LogP contribution in [0, 0.1) is 6.92 Å². The Balaban J connectivity index is 1.63. The molecule has 0 aliphatic carbocycles. The lowest BCUT2D eigenvalue weighted by atomic mass is 10.1. The van der Waals surface area contributed by atoms with Gasteiger partial charge in [-0.05, 0) is 42.8 Å². The molecule has 0 unspecified atom stereocenters. The van der Waals surface area contributed by atoms with Crippen LogP contribution < -0.4 is 9.64 Å². The van der Waals surface area contributed by atoms with Crippen molar-refractivity contribution in [1.29, 1.82) is 0 Å². The molecule has 120 valence electrons. The molecule has 1 aromatic heterocycles. The molecular weight excluding hydrogens is 312 g/mol. The maximum Gasteiger partial charge on any atom is 0.170 e. The van der Waals surface area contributed by atoms with Gasteiger partial charge >= 0.3 is 0 Å². The third-order valence-corrected chi connectivity index (χ3v) is 4.30. The monoisotopic (exact) mass is 330 g/mol. The van der Waals surface area contributed by atoms with Crippen molar-refractivity contribution in [3.05, 3.63) is 52.8 Å². The Labute approximate surface area is 141 Å². The summed E-state index contributed by atoms with van der Waals surface area (Å²) in [6, 6.07) is 9.48. The highest BCUT2D eigenvalue weighted by atomic mass is 35.5. The van der Waals surface area contributed by atoms with Crippen LogP contribution in [0.15, 0.2) is 36.5 Å². The van der Waals surface area contributed by atoms with E-state index in [1.54, 1.807) is 6.20 Å². The van der Waals surface area contributed by atoms with Gasteiger partial charge in [0.25, 0.3) is 0 Å². The number of aromatic nitrogens is 1. The summed E-state index contributed by atoms with van der Waals surface area (Å²) in [5.74, 6) is 0.846. The quantitative estimate of drug-likeness (QED) is 0.797. The van der Waals surface area contributed by atoms with Crippen molar-refractivity contribution in [3.63, 3.8) is 0 Å². The van der Waals surface area contributed by atoms with Gasteiger partial charge in [0, 0.05) is 37.2 Å². The van der Waals surface area contributed by atoms with Crippen LogP contribution in [0.3, 0.4) is 0 Å². The fraction of sp³-hybridized carbons (Fsp3) is 0.333. The number of hydrogen-bond donors (Lipinski definition) is 0. The summed E-state index contributed by atoms with van der Waals surface area (Å²) in [5.41, 5.74) is 2.49. The number of halogens is 1. The predicted octanol–water partition coefficient (Wildman–Crippen LogP) is 3.90. The fourth-order valence-electron chi connectivity index (χ4n) is 2.83. The molecule has 0 N–H and O–H groups in total. The van der Waals surface area contributed by atoms with Gasteiger partial charge in [-0.25, -0.2) is 0 Å². The van der Waals surface area contributed by atoms with Crippen LogP contribution in [-0.4, -0.2) is 30.5 Å². The number of carbonyl (C=O) groups is 1. The molecule has 0 radical (unpaired) electrons. The average Bonchev–Trinajstić information content (AvgIpc) is 2.58. The molecule has 4 nitrogen and oxygen atoms in total. The van der Waals surface area contributed by atoms with Crippen molar-refractivity contribution in [2.45, 2.75) is 25.9 Å². The van der Waals surface area contributed by atoms with E-state index in [1.165, 1.54) is 0 Å². The Bertz CT molecular complexity index is 680. The summed E-state index contributed by atoms with van der Waals surface area (Å²) >= 11 is 5.89. The molecule has 2 heterocycles. The van der Waals surface area contributed by atoms with Crippen molar-refractivity contribution < 1.29 is 9.53 Å². The first-order valence-electron chi connectivity index (χ1n) is 7.74. The van der Waals surface area contributed by atoms with E-state index >= 15 is 0 Å². The topological polar surface area (TPSA) is 42.4 Å². The lowest BCUT2D eigenvalue weighted by Gasteiger charge is -2.34. The molecule has 0 bridgehead atoms. The minimum Gasteiger partial charge on any atom is -0.490 e. The zero-order valence-corrected chi connectivity index (χ0v) is 13.8. The number of hydrogen-bond acceptors (Lipinski definition) is 4. The number of carbonyl (C=O) groups excluding carboxylic acids is 1. The van der Waals surface area contributed by atoms with Crippen LogP contribution in [0.5, 0.6) is 5.75 Å². The summed E-state index contributed by atoms with van der Waals surface area (Å²) in [6.45, 7) is 3.69. The van der Waals surface area contributed by atoms with Gasteiger partial charge in [-0.15, -0.1) is 0 Å². The molecule has 3 rings (SSSR count). The molecule has 23 heavy (non-hydrogen) atoms. The van der Waals surface area contributed by atoms with E-state index in [9.17, 15) is 4.79 Å². The second-order valence-electron chi connectivity index (χ2n) is 5.79. The van der Waals surface area contributed by atoms with E-state index in [1.807, 2.05) is 37.3 Å². The third kappa shape index (κ3) is 3.82. The van der Waals surface area contributed by atoms with Crippen molar-refractivity contribution in [2.75, 3.05) is 18.0 Å². The Kier molecular flexibility index (Phi) is 4.82. The molecule has 1 saturated heterocycles. The van der Waals surface area contributed by atoms with Gasteiger partial charge in [0.1, 0.15) is 17.5 Å². The lowest BCUT2D eigenvalue weighted by molar-refractivity contribution is 0.111. The maximum atomic E-state index is 11.2. The molecule has 1 aliphatic heterocycles. The highest BCUT2D eigenvalue weighted by Crippen LogP contribution is 2.26.